The third-order valence-corrected chi connectivity index (χ3v) is 7.55. The average Bonchev–Trinajstić information content (AvgIpc) is 2.68. The standard InChI is InChI=1S/C19H12Cl4O5S/c20-14-13(15(21)18(25)17(23)16(14)22)19(29(26,27)28,10-5-2-1-3-6-10)11-7-4-8-12(24)9-11/h1-9,24-25H,(H,26,27,28). The van der Waals surface area contributed by atoms with E-state index in [-0.39, 0.29) is 31.9 Å². The first kappa shape index (κ1) is 22.0. The van der Waals surface area contributed by atoms with E-state index in [2.05, 4.69) is 0 Å². The highest BCUT2D eigenvalue weighted by Crippen LogP contribution is 2.55. The van der Waals surface area contributed by atoms with Gasteiger partial charge in [-0.2, -0.15) is 8.42 Å². The lowest BCUT2D eigenvalue weighted by atomic mass is 9.83. The maximum absolute atomic E-state index is 13.0. The summed E-state index contributed by atoms with van der Waals surface area (Å²) in [5.74, 6) is -0.982. The first-order chi connectivity index (χ1) is 13.5. The highest BCUT2D eigenvalue weighted by Gasteiger charge is 2.52. The van der Waals surface area contributed by atoms with Gasteiger partial charge in [0.15, 0.2) is 10.5 Å². The highest BCUT2D eigenvalue weighted by molar-refractivity contribution is 7.87. The maximum Gasteiger partial charge on any atom is 0.283 e. The molecule has 152 valence electrons. The van der Waals surface area contributed by atoms with Gasteiger partial charge in [-0.15, -0.1) is 0 Å². The third-order valence-electron chi connectivity index (χ3n) is 4.41. The molecule has 29 heavy (non-hydrogen) atoms. The van der Waals surface area contributed by atoms with E-state index in [1.807, 2.05) is 0 Å². The molecule has 3 aromatic rings. The van der Waals surface area contributed by atoms with Crippen LogP contribution in [0.15, 0.2) is 54.6 Å². The third kappa shape index (κ3) is 3.44. The van der Waals surface area contributed by atoms with Gasteiger partial charge in [-0.25, -0.2) is 0 Å². The molecule has 0 aliphatic rings. The van der Waals surface area contributed by atoms with Crippen molar-refractivity contribution in [1.82, 2.24) is 0 Å². The second-order valence-corrected chi connectivity index (χ2v) is 9.13. The fraction of sp³-hybridized carbons (Fsp3) is 0.0526. The van der Waals surface area contributed by atoms with Crippen LogP contribution in [0.25, 0.3) is 0 Å². The van der Waals surface area contributed by atoms with Crippen molar-refractivity contribution < 1.29 is 23.2 Å². The zero-order valence-electron chi connectivity index (χ0n) is 14.3. The number of halogens is 4. The Labute approximate surface area is 186 Å². The Morgan fingerprint density at radius 2 is 1.31 bits per heavy atom. The number of rotatable bonds is 4. The van der Waals surface area contributed by atoms with Crippen LogP contribution in [0.1, 0.15) is 16.7 Å². The van der Waals surface area contributed by atoms with Crippen LogP contribution in [0.5, 0.6) is 11.5 Å². The number of phenolic OH excluding ortho intramolecular Hbond substituents is 2. The molecule has 5 nitrogen and oxygen atoms in total. The van der Waals surface area contributed by atoms with Crippen LogP contribution in [0.4, 0.5) is 0 Å². The quantitative estimate of drug-likeness (QED) is 0.182. The van der Waals surface area contributed by atoms with E-state index in [4.69, 9.17) is 46.4 Å². The zero-order valence-corrected chi connectivity index (χ0v) is 18.1. The summed E-state index contributed by atoms with van der Waals surface area (Å²) >= 11 is 24.7. The molecule has 0 aliphatic carbocycles. The number of hydrogen-bond acceptors (Lipinski definition) is 4. The molecule has 0 amide bonds. The smallest absolute Gasteiger partial charge is 0.283 e. The minimum atomic E-state index is -5.09. The van der Waals surface area contributed by atoms with Gasteiger partial charge in [-0.3, -0.25) is 4.55 Å². The summed E-state index contributed by atoms with van der Waals surface area (Å²) < 4.78 is 34.0. The minimum absolute atomic E-state index is 0.0367. The molecular weight excluding hydrogens is 482 g/mol. The number of phenols is 2. The van der Waals surface area contributed by atoms with Crippen LogP contribution < -0.4 is 0 Å². The molecule has 3 aromatic carbocycles. The predicted molar refractivity (Wildman–Crippen MR) is 114 cm³/mol. The molecule has 0 saturated heterocycles. The van der Waals surface area contributed by atoms with Crippen molar-refractivity contribution in [3.8, 4) is 11.5 Å². The second kappa shape index (κ2) is 7.87. The van der Waals surface area contributed by atoms with Crippen molar-refractivity contribution in [3.63, 3.8) is 0 Å². The Bertz CT molecular complexity index is 1170. The van der Waals surface area contributed by atoms with E-state index in [1.165, 1.54) is 42.5 Å². The topological polar surface area (TPSA) is 94.8 Å². The molecule has 3 N–H and O–H groups in total. The summed E-state index contributed by atoms with van der Waals surface area (Å²) in [5, 5.41) is 18.7. The maximum atomic E-state index is 13.0. The molecule has 0 heterocycles. The Kier molecular flexibility index (Phi) is 5.98. The summed E-state index contributed by atoms with van der Waals surface area (Å²) in [6.07, 6.45) is 0. The van der Waals surface area contributed by atoms with Gasteiger partial charge in [-0.1, -0.05) is 88.9 Å². The van der Waals surface area contributed by atoms with Crippen molar-refractivity contribution in [1.29, 1.82) is 0 Å². The summed E-state index contributed by atoms with van der Waals surface area (Å²) in [4.78, 5) is 0. The molecule has 0 aliphatic heterocycles. The fourth-order valence-corrected chi connectivity index (χ4v) is 5.82. The Hall–Kier alpha value is -1.67. The van der Waals surface area contributed by atoms with E-state index in [0.717, 1.165) is 6.07 Å². The Balaban J connectivity index is 2.66. The Morgan fingerprint density at radius 3 is 1.86 bits per heavy atom. The zero-order chi connectivity index (χ0) is 21.6. The summed E-state index contributed by atoms with van der Waals surface area (Å²) in [5.41, 5.74) is -0.463. The molecule has 3 rings (SSSR count). The van der Waals surface area contributed by atoms with Crippen LogP contribution in [-0.4, -0.2) is 23.2 Å². The summed E-state index contributed by atoms with van der Waals surface area (Å²) in [6.45, 7) is 0. The molecule has 0 fully saturated rings. The van der Waals surface area contributed by atoms with E-state index in [0.29, 0.717) is 0 Å². The van der Waals surface area contributed by atoms with Crippen molar-refractivity contribution in [3.05, 3.63) is 91.4 Å². The van der Waals surface area contributed by atoms with E-state index in [9.17, 15) is 23.2 Å². The molecule has 0 bridgehead atoms. The van der Waals surface area contributed by atoms with Crippen molar-refractivity contribution in [2.45, 2.75) is 4.75 Å². The predicted octanol–water partition coefficient (Wildman–Crippen LogP) is 5.89. The molecule has 0 saturated carbocycles. The largest absolute Gasteiger partial charge is 0.508 e. The minimum Gasteiger partial charge on any atom is -0.508 e. The molecule has 0 spiro atoms. The number of benzene rings is 3. The first-order valence-corrected chi connectivity index (χ1v) is 10.9. The summed E-state index contributed by atoms with van der Waals surface area (Å²) in [7, 11) is -5.09. The van der Waals surface area contributed by atoms with Crippen LogP contribution in [0.3, 0.4) is 0 Å². The highest BCUT2D eigenvalue weighted by atomic mass is 35.5. The van der Waals surface area contributed by atoms with Gasteiger partial charge in [0.1, 0.15) is 10.8 Å². The van der Waals surface area contributed by atoms with E-state index < -0.39 is 31.2 Å². The lowest BCUT2D eigenvalue weighted by molar-refractivity contribution is 0.455. The Morgan fingerprint density at radius 1 is 0.724 bits per heavy atom. The first-order valence-electron chi connectivity index (χ1n) is 7.91. The number of aromatic hydroxyl groups is 2. The molecule has 0 aromatic heterocycles. The van der Waals surface area contributed by atoms with Crippen molar-refractivity contribution in [2.24, 2.45) is 0 Å². The second-order valence-electron chi connectivity index (χ2n) is 6.05. The van der Waals surface area contributed by atoms with Gasteiger partial charge in [-0.05, 0) is 23.3 Å². The lowest BCUT2D eigenvalue weighted by Gasteiger charge is -2.34. The van der Waals surface area contributed by atoms with Crippen LogP contribution in [0.2, 0.25) is 20.1 Å². The molecular formula is C19H12Cl4O5S. The van der Waals surface area contributed by atoms with E-state index >= 15 is 0 Å². The monoisotopic (exact) mass is 492 g/mol. The lowest BCUT2D eigenvalue weighted by Crippen LogP contribution is -2.39. The van der Waals surface area contributed by atoms with Gasteiger partial charge in [0, 0.05) is 5.56 Å². The van der Waals surface area contributed by atoms with Gasteiger partial charge in [0.25, 0.3) is 10.1 Å². The van der Waals surface area contributed by atoms with Gasteiger partial charge >= 0.3 is 0 Å². The van der Waals surface area contributed by atoms with Gasteiger partial charge < -0.3 is 10.2 Å². The van der Waals surface area contributed by atoms with Crippen LogP contribution in [0, 0.1) is 0 Å². The van der Waals surface area contributed by atoms with Crippen LogP contribution >= 0.6 is 46.4 Å². The molecule has 0 radical (unpaired) electrons. The molecule has 1 unspecified atom stereocenters. The van der Waals surface area contributed by atoms with Crippen LogP contribution in [-0.2, 0) is 14.9 Å². The molecule has 10 heteroatoms. The van der Waals surface area contributed by atoms with E-state index in [1.54, 1.807) is 6.07 Å². The fourth-order valence-electron chi connectivity index (χ4n) is 3.21. The number of hydrogen-bond donors (Lipinski definition) is 3. The summed E-state index contributed by atoms with van der Waals surface area (Å²) in [6, 6.07) is 12.7. The van der Waals surface area contributed by atoms with Gasteiger partial charge in [0.2, 0.25) is 0 Å². The average molecular weight is 494 g/mol. The normalized spacial score (nSPS) is 13.8. The van der Waals surface area contributed by atoms with Crippen molar-refractivity contribution >= 4 is 56.5 Å². The van der Waals surface area contributed by atoms with Gasteiger partial charge in [0.05, 0.1) is 15.1 Å². The van der Waals surface area contributed by atoms with Crippen molar-refractivity contribution in [2.75, 3.05) is 0 Å². The SMILES string of the molecule is O=S(=O)(O)C(c1ccccc1)(c1cccc(O)c1)c1c(Cl)c(O)c(Cl)c(Cl)c1Cl. The molecule has 1 atom stereocenters.